The first-order valence-electron chi connectivity index (χ1n) is 6.75. The highest BCUT2D eigenvalue weighted by molar-refractivity contribution is 5.53. The van der Waals surface area contributed by atoms with Crippen LogP contribution in [0.2, 0.25) is 0 Å². The Morgan fingerprint density at radius 2 is 2.00 bits per heavy atom. The summed E-state index contributed by atoms with van der Waals surface area (Å²) in [5, 5.41) is 17.8. The van der Waals surface area contributed by atoms with Crippen molar-refractivity contribution in [2.45, 2.75) is 32.4 Å². The van der Waals surface area contributed by atoms with Crippen LogP contribution in [0.15, 0.2) is 30.5 Å². The SMILES string of the molecule is Cn1ccc(-c2cccc(C(O)CNC(C)(C)C)n2)n1. The average molecular weight is 274 g/mol. The number of hydrogen-bond donors (Lipinski definition) is 2. The number of aliphatic hydroxyl groups is 1. The quantitative estimate of drug-likeness (QED) is 0.894. The highest BCUT2D eigenvalue weighted by atomic mass is 16.3. The molecule has 5 nitrogen and oxygen atoms in total. The Balaban J connectivity index is 2.13. The molecule has 0 amide bonds. The van der Waals surface area contributed by atoms with Gasteiger partial charge >= 0.3 is 0 Å². The summed E-state index contributed by atoms with van der Waals surface area (Å²) in [6.07, 6.45) is 1.25. The van der Waals surface area contributed by atoms with E-state index in [1.165, 1.54) is 0 Å². The average Bonchev–Trinajstić information content (AvgIpc) is 2.82. The molecule has 0 saturated carbocycles. The zero-order valence-corrected chi connectivity index (χ0v) is 12.5. The number of β-amino-alcohol motifs (C(OH)–C–C–N with tert-alkyl or cyclic N) is 1. The lowest BCUT2D eigenvalue weighted by atomic mass is 10.1. The molecular weight excluding hydrogens is 252 g/mol. The molecule has 1 atom stereocenters. The molecule has 5 heteroatoms. The Kier molecular flexibility index (Phi) is 4.20. The van der Waals surface area contributed by atoms with Gasteiger partial charge in [-0.2, -0.15) is 5.10 Å². The van der Waals surface area contributed by atoms with Crippen LogP contribution in [0.1, 0.15) is 32.6 Å². The van der Waals surface area contributed by atoms with Crippen molar-refractivity contribution < 1.29 is 5.11 Å². The maximum absolute atomic E-state index is 10.2. The zero-order valence-electron chi connectivity index (χ0n) is 12.5. The van der Waals surface area contributed by atoms with Gasteiger partial charge in [-0.15, -0.1) is 0 Å². The van der Waals surface area contributed by atoms with E-state index in [9.17, 15) is 5.11 Å². The van der Waals surface area contributed by atoms with Crippen LogP contribution in [0.4, 0.5) is 0 Å². The number of aromatic nitrogens is 3. The number of pyridine rings is 1. The molecule has 2 N–H and O–H groups in total. The fraction of sp³-hybridized carbons (Fsp3) is 0.467. The number of nitrogens with zero attached hydrogens (tertiary/aromatic N) is 3. The van der Waals surface area contributed by atoms with Crippen LogP contribution in [0, 0.1) is 0 Å². The highest BCUT2D eigenvalue weighted by Gasteiger charge is 2.15. The summed E-state index contributed by atoms with van der Waals surface area (Å²) in [7, 11) is 1.87. The molecule has 0 radical (unpaired) electrons. The highest BCUT2D eigenvalue weighted by Crippen LogP contribution is 2.18. The second-order valence-electron chi connectivity index (χ2n) is 5.97. The molecule has 2 rings (SSSR count). The summed E-state index contributed by atoms with van der Waals surface area (Å²) in [6, 6.07) is 7.54. The monoisotopic (exact) mass is 274 g/mol. The van der Waals surface area contributed by atoms with Crippen LogP contribution in [0.25, 0.3) is 11.4 Å². The minimum atomic E-state index is -0.627. The van der Waals surface area contributed by atoms with Crippen molar-refractivity contribution in [2.75, 3.05) is 6.54 Å². The third-order valence-corrected chi connectivity index (χ3v) is 2.91. The third kappa shape index (κ3) is 3.88. The van der Waals surface area contributed by atoms with Gasteiger partial charge < -0.3 is 10.4 Å². The minimum absolute atomic E-state index is 0.0282. The zero-order chi connectivity index (χ0) is 14.8. The molecule has 2 aromatic rings. The number of aryl methyl sites for hydroxylation is 1. The molecule has 0 aromatic carbocycles. The lowest BCUT2D eigenvalue weighted by Crippen LogP contribution is -2.38. The summed E-state index contributed by atoms with van der Waals surface area (Å²) in [4.78, 5) is 4.49. The van der Waals surface area contributed by atoms with E-state index in [1.54, 1.807) is 4.68 Å². The molecule has 2 aromatic heterocycles. The van der Waals surface area contributed by atoms with Gasteiger partial charge in [-0.25, -0.2) is 4.98 Å². The number of aliphatic hydroxyl groups excluding tert-OH is 1. The third-order valence-electron chi connectivity index (χ3n) is 2.91. The summed E-state index contributed by atoms with van der Waals surface area (Å²) in [5.74, 6) is 0. The van der Waals surface area contributed by atoms with Gasteiger partial charge in [0.1, 0.15) is 11.8 Å². The van der Waals surface area contributed by atoms with Crippen molar-refractivity contribution in [1.29, 1.82) is 0 Å². The summed E-state index contributed by atoms with van der Waals surface area (Å²) >= 11 is 0. The van der Waals surface area contributed by atoms with Crippen LogP contribution in [-0.2, 0) is 7.05 Å². The predicted octanol–water partition coefficient (Wildman–Crippen LogP) is 1.90. The maximum atomic E-state index is 10.2. The first kappa shape index (κ1) is 14.7. The second kappa shape index (κ2) is 5.73. The van der Waals surface area contributed by atoms with Crippen molar-refractivity contribution >= 4 is 0 Å². The minimum Gasteiger partial charge on any atom is -0.385 e. The van der Waals surface area contributed by atoms with Crippen molar-refractivity contribution in [3.8, 4) is 11.4 Å². The normalized spacial score (nSPS) is 13.4. The van der Waals surface area contributed by atoms with Gasteiger partial charge in [0, 0.05) is 25.3 Å². The van der Waals surface area contributed by atoms with E-state index >= 15 is 0 Å². The Hall–Kier alpha value is -1.72. The molecule has 0 fully saturated rings. The molecule has 108 valence electrons. The Bertz CT molecular complexity index is 571. The van der Waals surface area contributed by atoms with E-state index in [-0.39, 0.29) is 5.54 Å². The molecule has 2 heterocycles. The molecule has 0 aliphatic carbocycles. The van der Waals surface area contributed by atoms with Gasteiger partial charge in [-0.1, -0.05) is 6.07 Å². The predicted molar refractivity (Wildman–Crippen MR) is 79.2 cm³/mol. The molecule has 1 unspecified atom stereocenters. The fourth-order valence-electron chi connectivity index (χ4n) is 1.84. The van der Waals surface area contributed by atoms with Crippen molar-refractivity contribution in [3.63, 3.8) is 0 Å². The number of rotatable bonds is 4. The van der Waals surface area contributed by atoms with Gasteiger partial charge in [-0.3, -0.25) is 4.68 Å². The van der Waals surface area contributed by atoms with E-state index in [4.69, 9.17) is 0 Å². The van der Waals surface area contributed by atoms with Crippen molar-refractivity contribution in [2.24, 2.45) is 7.05 Å². The molecule has 20 heavy (non-hydrogen) atoms. The topological polar surface area (TPSA) is 63.0 Å². The lowest BCUT2D eigenvalue weighted by molar-refractivity contribution is 0.159. The van der Waals surface area contributed by atoms with Crippen LogP contribution in [-0.4, -0.2) is 32.0 Å². The Morgan fingerprint density at radius 1 is 1.25 bits per heavy atom. The number of hydrogen-bond acceptors (Lipinski definition) is 4. The Morgan fingerprint density at radius 3 is 2.60 bits per heavy atom. The van der Waals surface area contributed by atoms with Crippen LogP contribution < -0.4 is 5.32 Å². The van der Waals surface area contributed by atoms with E-state index in [1.807, 2.05) is 37.5 Å². The summed E-state index contributed by atoms with van der Waals surface area (Å²) < 4.78 is 1.74. The summed E-state index contributed by atoms with van der Waals surface area (Å²) in [6.45, 7) is 6.68. The maximum Gasteiger partial charge on any atom is 0.111 e. The van der Waals surface area contributed by atoms with Gasteiger partial charge in [0.15, 0.2) is 0 Å². The smallest absolute Gasteiger partial charge is 0.111 e. The largest absolute Gasteiger partial charge is 0.385 e. The molecule has 0 aliphatic heterocycles. The van der Waals surface area contributed by atoms with E-state index in [0.29, 0.717) is 12.2 Å². The molecular formula is C15H22N4O. The van der Waals surface area contributed by atoms with Gasteiger partial charge in [0.05, 0.1) is 11.4 Å². The number of nitrogens with one attached hydrogen (secondary N) is 1. The van der Waals surface area contributed by atoms with E-state index in [2.05, 4.69) is 36.2 Å². The second-order valence-corrected chi connectivity index (χ2v) is 5.97. The Labute approximate surface area is 119 Å². The first-order chi connectivity index (χ1) is 9.35. The van der Waals surface area contributed by atoms with Gasteiger partial charge in [0.25, 0.3) is 0 Å². The fourth-order valence-corrected chi connectivity index (χ4v) is 1.84. The van der Waals surface area contributed by atoms with Gasteiger partial charge in [-0.05, 0) is 39.0 Å². The van der Waals surface area contributed by atoms with Gasteiger partial charge in [0.2, 0.25) is 0 Å². The van der Waals surface area contributed by atoms with Crippen LogP contribution >= 0.6 is 0 Å². The molecule has 0 aliphatic rings. The van der Waals surface area contributed by atoms with Crippen molar-refractivity contribution in [3.05, 3.63) is 36.2 Å². The first-order valence-corrected chi connectivity index (χ1v) is 6.75. The molecule has 0 spiro atoms. The van der Waals surface area contributed by atoms with Crippen LogP contribution in [0.5, 0.6) is 0 Å². The standard InChI is InChI=1S/C15H22N4O/c1-15(2,3)16-10-14(20)13-7-5-6-11(17-13)12-8-9-19(4)18-12/h5-9,14,16,20H,10H2,1-4H3. The van der Waals surface area contributed by atoms with E-state index in [0.717, 1.165) is 11.4 Å². The van der Waals surface area contributed by atoms with E-state index < -0.39 is 6.10 Å². The molecule has 0 saturated heterocycles. The van der Waals surface area contributed by atoms with Crippen LogP contribution in [0.3, 0.4) is 0 Å². The summed E-state index contributed by atoms with van der Waals surface area (Å²) in [5.41, 5.74) is 2.22. The molecule has 0 bridgehead atoms. The lowest BCUT2D eigenvalue weighted by Gasteiger charge is -2.22. The van der Waals surface area contributed by atoms with Crippen molar-refractivity contribution in [1.82, 2.24) is 20.1 Å².